The second-order valence-electron chi connectivity index (χ2n) is 10.7. The molecule has 0 saturated carbocycles. The zero-order valence-corrected chi connectivity index (χ0v) is 23.6. The van der Waals surface area contributed by atoms with E-state index in [1.54, 1.807) is 6.92 Å². The number of hydrogen-bond donors (Lipinski definition) is 8. The van der Waals surface area contributed by atoms with Crippen molar-refractivity contribution in [3.05, 3.63) is 48.1 Å². The number of aliphatic hydroxyl groups excluding tert-OH is 5. The van der Waals surface area contributed by atoms with Crippen LogP contribution in [0.3, 0.4) is 0 Å². The Morgan fingerprint density at radius 2 is 1.88 bits per heavy atom. The van der Waals surface area contributed by atoms with Crippen LogP contribution < -0.4 is 4.74 Å². The molecule has 2 saturated heterocycles. The Bertz CT molecular complexity index is 1180. The Kier molecular flexibility index (Phi) is 11.4. The van der Waals surface area contributed by atoms with Crippen molar-refractivity contribution in [2.45, 2.75) is 81.0 Å². The normalized spacial score (nSPS) is 32.6. The number of hydrogen-bond acceptors (Lipinski definition) is 15. The van der Waals surface area contributed by atoms with Gasteiger partial charge in [-0.3, -0.25) is 0 Å². The number of rotatable bonds is 12. The number of benzene rings is 1. The highest BCUT2D eigenvalue weighted by Gasteiger charge is 2.53. The standard InChI is InChI=1S/C28H38O15/c1-4-27(3,37)9-5-6-14(2)23(35)43-24(36)16-10-15(7-8-17(16)31)40-25-21(20(33)19(32)18(11-29)41-25)42-26-22(34)28(38,12-30)13-39-26/h4,6-8,10,18-22,25-26,29-34,37-38H,1,5,9,11-13H2,2-3H3. The van der Waals surface area contributed by atoms with Crippen LogP contribution in [0.15, 0.2) is 42.5 Å². The third-order valence-corrected chi connectivity index (χ3v) is 7.18. The van der Waals surface area contributed by atoms with Gasteiger partial charge in [0.05, 0.1) is 25.4 Å². The predicted octanol–water partition coefficient (Wildman–Crippen LogP) is -1.62. The highest BCUT2D eigenvalue weighted by Crippen LogP contribution is 2.33. The number of phenolic OH excluding ortho intramolecular Hbond substituents is 1. The summed E-state index contributed by atoms with van der Waals surface area (Å²) in [6.45, 7) is 4.34. The first kappa shape index (κ1) is 34.5. The molecule has 2 aliphatic heterocycles. The van der Waals surface area contributed by atoms with Gasteiger partial charge in [0, 0.05) is 5.57 Å². The first-order valence-corrected chi connectivity index (χ1v) is 13.4. The maximum absolute atomic E-state index is 12.7. The van der Waals surface area contributed by atoms with E-state index in [1.807, 2.05) is 0 Å². The molecule has 0 aromatic heterocycles. The number of ether oxygens (including phenoxy) is 5. The van der Waals surface area contributed by atoms with E-state index < -0.39 is 97.4 Å². The van der Waals surface area contributed by atoms with E-state index in [-0.39, 0.29) is 24.2 Å². The van der Waals surface area contributed by atoms with Gasteiger partial charge in [-0.05, 0) is 44.9 Å². The van der Waals surface area contributed by atoms with Gasteiger partial charge in [-0.25, -0.2) is 9.59 Å². The molecule has 0 radical (unpaired) electrons. The Morgan fingerprint density at radius 1 is 1.19 bits per heavy atom. The van der Waals surface area contributed by atoms with Crippen molar-refractivity contribution < 1.29 is 74.1 Å². The highest BCUT2D eigenvalue weighted by molar-refractivity contribution is 6.03. The summed E-state index contributed by atoms with van der Waals surface area (Å²) in [5.41, 5.74) is -3.62. The minimum absolute atomic E-state index is 0.0720. The van der Waals surface area contributed by atoms with Crippen LogP contribution in [0.25, 0.3) is 0 Å². The molecule has 1 aromatic carbocycles. The molecule has 1 aromatic rings. The molecule has 9 unspecified atom stereocenters. The number of aromatic hydroxyl groups is 1. The largest absolute Gasteiger partial charge is 0.507 e. The summed E-state index contributed by atoms with van der Waals surface area (Å²) in [4.78, 5) is 25.1. The zero-order valence-electron chi connectivity index (χ0n) is 23.6. The molecule has 0 spiro atoms. The van der Waals surface area contributed by atoms with Crippen LogP contribution in [0.2, 0.25) is 0 Å². The van der Waals surface area contributed by atoms with Gasteiger partial charge < -0.3 is 64.5 Å². The molecule has 8 N–H and O–H groups in total. The molecule has 15 heteroatoms. The smallest absolute Gasteiger partial charge is 0.349 e. The molecule has 9 atom stereocenters. The van der Waals surface area contributed by atoms with Gasteiger partial charge in [0.1, 0.15) is 47.1 Å². The number of carbonyl (C=O) groups is 2. The summed E-state index contributed by atoms with van der Waals surface area (Å²) in [5.74, 6) is -2.97. The number of carbonyl (C=O) groups excluding carboxylic acids is 2. The second-order valence-corrected chi connectivity index (χ2v) is 10.7. The lowest BCUT2D eigenvalue weighted by atomic mass is 9.98. The van der Waals surface area contributed by atoms with E-state index in [1.165, 1.54) is 25.1 Å². The van der Waals surface area contributed by atoms with Crippen LogP contribution in [0.5, 0.6) is 11.5 Å². The Morgan fingerprint density at radius 3 is 2.49 bits per heavy atom. The van der Waals surface area contributed by atoms with Gasteiger partial charge in [-0.15, -0.1) is 6.58 Å². The molecular weight excluding hydrogens is 576 g/mol. The number of phenols is 1. The fraction of sp³-hybridized carbons (Fsp3) is 0.571. The Labute approximate surface area is 246 Å². The molecule has 2 aliphatic rings. The maximum atomic E-state index is 12.7. The van der Waals surface area contributed by atoms with Crippen molar-refractivity contribution in [2.75, 3.05) is 19.8 Å². The zero-order chi connectivity index (χ0) is 32.1. The summed E-state index contributed by atoms with van der Waals surface area (Å²) in [6, 6.07) is 3.25. The van der Waals surface area contributed by atoms with Crippen molar-refractivity contribution in [1.29, 1.82) is 0 Å². The lowest BCUT2D eigenvalue weighted by Gasteiger charge is -2.42. The minimum atomic E-state index is -2.06. The summed E-state index contributed by atoms with van der Waals surface area (Å²) >= 11 is 0. The topological polar surface area (TPSA) is 242 Å². The van der Waals surface area contributed by atoms with Gasteiger partial charge in [-0.1, -0.05) is 12.2 Å². The quantitative estimate of drug-likeness (QED) is 0.0571. The Balaban J connectivity index is 1.76. The second kappa shape index (κ2) is 14.2. The highest BCUT2D eigenvalue weighted by atomic mass is 16.8. The van der Waals surface area contributed by atoms with Gasteiger partial charge in [0.15, 0.2) is 12.4 Å². The molecule has 15 nitrogen and oxygen atoms in total. The van der Waals surface area contributed by atoms with Crippen molar-refractivity contribution in [1.82, 2.24) is 0 Å². The van der Waals surface area contributed by atoms with E-state index in [4.69, 9.17) is 23.7 Å². The molecule has 0 amide bonds. The van der Waals surface area contributed by atoms with Crippen LogP contribution in [0, 0.1) is 0 Å². The first-order chi connectivity index (χ1) is 20.2. The third-order valence-electron chi connectivity index (χ3n) is 7.18. The van der Waals surface area contributed by atoms with Crippen molar-refractivity contribution >= 4 is 11.9 Å². The maximum Gasteiger partial charge on any atom is 0.349 e. The van der Waals surface area contributed by atoms with Gasteiger partial charge in [0.2, 0.25) is 6.29 Å². The monoisotopic (exact) mass is 614 g/mol. The van der Waals surface area contributed by atoms with Crippen molar-refractivity contribution in [3.63, 3.8) is 0 Å². The van der Waals surface area contributed by atoms with E-state index in [9.17, 15) is 50.4 Å². The van der Waals surface area contributed by atoms with Crippen LogP contribution in [-0.4, -0.2) is 127 Å². The predicted molar refractivity (Wildman–Crippen MR) is 143 cm³/mol. The van der Waals surface area contributed by atoms with Crippen LogP contribution in [0.1, 0.15) is 37.0 Å². The number of esters is 2. The van der Waals surface area contributed by atoms with E-state index in [0.29, 0.717) is 0 Å². The molecule has 240 valence electrons. The van der Waals surface area contributed by atoms with E-state index >= 15 is 0 Å². The van der Waals surface area contributed by atoms with Crippen LogP contribution >= 0.6 is 0 Å². The van der Waals surface area contributed by atoms with Crippen molar-refractivity contribution in [3.8, 4) is 11.5 Å². The average molecular weight is 615 g/mol. The lowest BCUT2D eigenvalue weighted by Crippen LogP contribution is -2.62. The molecule has 3 rings (SSSR count). The van der Waals surface area contributed by atoms with Crippen LogP contribution in [0.4, 0.5) is 0 Å². The van der Waals surface area contributed by atoms with Gasteiger partial charge >= 0.3 is 11.9 Å². The summed E-state index contributed by atoms with van der Waals surface area (Å²) < 4.78 is 26.9. The number of allylic oxidation sites excluding steroid dienone is 1. The summed E-state index contributed by atoms with van der Waals surface area (Å²) in [5, 5.41) is 80.9. The molecule has 0 bridgehead atoms. The van der Waals surface area contributed by atoms with Gasteiger partial charge in [-0.2, -0.15) is 0 Å². The Hall–Kier alpha value is -2.96. The first-order valence-electron chi connectivity index (χ1n) is 13.4. The summed E-state index contributed by atoms with van der Waals surface area (Å²) in [6.07, 6.45) is -8.04. The third kappa shape index (κ3) is 8.16. The molecule has 0 aliphatic carbocycles. The summed E-state index contributed by atoms with van der Waals surface area (Å²) in [7, 11) is 0. The molecule has 2 fully saturated rings. The average Bonchev–Trinajstić information content (AvgIpc) is 3.26. The van der Waals surface area contributed by atoms with E-state index in [0.717, 1.165) is 12.1 Å². The fourth-order valence-corrected chi connectivity index (χ4v) is 4.23. The van der Waals surface area contributed by atoms with Gasteiger partial charge in [0.25, 0.3) is 0 Å². The van der Waals surface area contributed by atoms with Crippen molar-refractivity contribution in [2.24, 2.45) is 0 Å². The SMILES string of the molecule is C=CC(C)(O)CCC=C(C)C(=O)OC(=O)c1cc(OC2OC(CO)C(O)C(O)C2OC2OCC(O)(CO)C2O)ccc1O. The van der Waals surface area contributed by atoms with Crippen LogP contribution in [-0.2, 0) is 23.7 Å². The minimum Gasteiger partial charge on any atom is -0.507 e. The lowest BCUT2D eigenvalue weighted by molar-refractivity contribution is -0.318. The molecule has 43 heavy (non-hydrogen) atoms. The molecular formula is C28H38O15. The van der Waals surface area contributed by atoms with E-state index in [2.05, 4.69) is 6.58 Å². The number of aliphatic hydroxyl groups is 7. The fourth-order valence-electron chi connectivity index (χ4n) is 4.23. The molecule has 2 heterocycles.